The summed E-state index contributed by atoms with van der Waals surface area (Å²) in [6, 6.07) is 10.4. The predicted octanol–water partition coefficient (Wildman–Crippen LogP) is 1.28. The Morgan fingerprint density at radius 2 is 1.89 bits per heavy atom. The summed E-state index contributed by atoms with van der Waals surface area (Å²) < 4.78 is 5.75. The summed E-state index contributed by atoms with van der Waals surface area (Å²) in [4.78, 5) is 19.7. The lowest BCUT2D eigenvalue weighted by atomic mass is 9.96. The Morgan fingerprint density at radius 1 is 1.14 bits per heavy atom. The van der Waals surface area contributed by atoms with Gasteiger partial charge < -0.3 is 19.9 Å². The lowest BCUT2D eigenvalue weighted by Gasteiger charge is -2.34. The minimum Gasteiger partial charge on any atom is -0.366 e. The molecule has 2 fully saturated rings. The number of morpholine rings is 1. The van der Waals surface area contributed by atoms with Crippen LogP contribution < -0.4 is 5.32 Å². The number of hydrogen-bond donors (Lipinski definition) is 1. The lowest BCUT2D eigenvalue weighted by molar-refractivity contribution is -0.139. The molecule has 2 aliphatic heterocycles. The van der Waals surface area contributed by atoms with E-state index >= 15 is 0 Å². The summed E-state index contributed by atoms with van der Waals surface area (Å²) in [6.07, 6.45) is 1.98. The maximum Gasteiger partial charge on any atom is 0.250 e. The SMILES string of the molecule is CN(C)CCN1CCC(CNC(=O)C2CN(Cc3ccccc3)CCO2)CC1. The highest BCUT2D eigenvalue weighted by Gasteiger charge is 2.27. The smallest absolute Gasteiger partial charge is 0.250 e. The molecule has 28 heavy (non-hydrogen) atoms. The molecule has 2 heterocycles. The molecule has 1 aromatic carbocycles. The van der Waals surface area contributed by atoms with E-state index in [9.17, 15) is 4.79 Å². The number of nitrogens with one attached hydrogen (secondary N) is 1. The number of carbonyl (C=O) groups excluding carboxylic acids is 1. The third kappa shape index (κ3) is 6.85. The summed E-state index contributed by atoms with van der Waals surface area (Å²) >= 11 is 0. The summed E-state index contributed by atoms with van der Waals surface area (Å²) in [5.41, 5.74) is 1.28. The zero-order valence-corrected chi connectivity index (χ0v) is 17.5. The topological polar surface area (TPSA) is 48.0 Å². The molecule has 1 amide bonds. The van der Waals surface area contributed by atoms with Crippen LogP contribution in [-0.4, -0.2) is 93.2 Å². The summed E-state index contributed by atoms with van der Waals surface area (Å²) in [6.45, 7) is 8.35. The van der Waals surface area contributed by atoms with Crippen LogP contribution in [0, 0.1) is 5.92 Å². The molecule has 2 saturated heterocycles. The van der Waals surface area contributed by atoms with Gasteiger partial charge in [0.25, 0.3) is 0 Å². The van der Waals surface area contributed by atoms with Crippen molar-refractivity contribution in [2.45, 2.75) is 25.5 Å². The van der Waals surface area contributed by atoms with Crippen LogP contribution in [0.4, 0.5) is 0 Å². The molecule has 0 radical (unpaired) electrons. The van der Waals surface area contributed by atoms with Gasteiger partial charge in [-0.05, 0) is 51.5 Å². The largest absolute Gasteiger partial charge is 0.366 e. The van der Waals surface area contributed by atoms with Crippen LogP contribution in [-0.2, 0) is 16.1 Å². The van der Waals surface area contributed by atoms with E-state index in [1.165, 1.54) is 18.4 Å². The van der Waals surface area contributed by atoms with Crippen molar-refractivity contribution >= 4 is 5.91 Å². The summed E-state index contributed by atoms with van der Waals surface area (Å²) in [5.74, 6) is 0.636. The fourth-order valence-corrected chi connectivity index (χ4v) is 3.96. The molecule has 156 valence electrons. The Morgan fingerprint density at radius 3 is 2.61 bits per heavy atom. The van der Waals surface area contributed by atoms with Gasteiger partial charge >= 0.3 is 0 Å². The van der Waals surface area contributed by atoms with Crippen molar-refractivity contribution < 1.29 is 9.53 Å². The van der Waals surface area contributed by atoms with Crippen molar-refractivity contribution in [1.82, 2.24) is 20.0 Å². The number of carbonyl (C=O) groups is 1. The van der Waals surface area contributed by atoms with Crippen LogP contribution in [0.5, 0.6) is 0 Å². The number of nitrogens with zero attached hydrogens (tertiary/aromatic N) is 3. The van der Waals surface area contributed by atoms with Gasteiger partial charge in [0, 0.05) is 39.3 Å². The highest BCUT2D eigenvalue weighted by Crippen LogP contribution is 2.16. The van der Waals surface area contributed by atoms with Crippen LogP contribution in [0.3, 0.4) is 0 Å². The first-order valence-electron chi connectivity index (χ1n) is 10.6. The van der Waals surface area contributed by atoms with Crippen molar-refractivity contribution in [2.75, 3.05) is 66.5 Å². The first-order valence-corrected chi connectivity index (χ1v) is 10.6. The van der Waals surface area contributed by atoms with Crippen LogP contribution >= 0.6 is 0 Å². The van der Waals surface area contributed by atoms with E-state index in [4.69, 9.17) is 4.74 Å². The maximum atomic E-state index is 12.6. The number of benzene rings is 1. The predicted molar refractivity (Wildman–Crippen MR) is 112 cm³/mol. The fourth-order valence-electron chi connectivity index (χ4n) is 3.96. The second kappa shape index (κ2) is 10.9. The number of likely N-dealkylation sites (N-methyl/N-ethyl adjacent to an activating group) is 1. The number of likely N-dealkylation sites (tertiary alicyclic amines) is 1. The standard InChI is InChI=1S/C22H36N4O2/c1-24(2)12-13-25-10-8-19(9-11-25)16-23-22(27)21-18-26(14-15-28-21)17-20-6-4-3-5-7-20/h3-7,19,21H,8-18H2,1-2H3,(H,23,27). The molecular formula is C22H36N4O2. The van der Waals surface area contributed by atoms with Crippen LogP contribution in [0.15, 0.2) is 30.3 Å². The molecule has 0 aliphatic carbocycles. The van der Waals surface area contributed by atoms with Crippen molar-refractivity contribution in [3.8, 4) is 0 Å². The van der Waals surface area contributed by atoms with Crippen molar-refractivity contribution in [3.05, 3.63) is 35.9 Å². The molecule has 6 heteroatoms. The van der Waals surface area contributed by atoms with Crippen LogP contribution in [0.2, 0.25) is 0 Å². The number of rotatable bonds is 8. The molecule has 1 atom stereocenters. The quantitative estimate of drug-likeness (QED) is 0.727. The van der Waals surface area contributed by atoms with Crippen molar-refractivity contribution in [1.29, 1.82) is 0 Å². The second-order valence-corrected chi connectivity index (χ2v) is 8.41. The van der Waals surface area contributed by atoms with E-state index in [1.54, 1.807) is 0 Å². The molecule has 2 aliphatic rings. The average molecular weight is 389 g/mol. The molecule has 0 saturated carbocycles. The Hall–Kier alpha value is -1.47. The zero-order valence-electron chi connectivity index (χ0n) is 17.5. The van der Waals surface area contributed by atoms with E-state index in [0.717, 1.165) is 45.8 Å². The van der Waals surface area contributed by atoms with Gasteiger partial charge in [0.2, 0.25) is 5.91 Å². The van der Waals surface area contributed by atoms with E-state index in [2.05, 4.69) is 58.4 Å². The minimum atomic E-state index is -0.349. The molecule has 0 spiro atoms. The molecule has 0 aromatic heterocycles. The normalized spacial score (nSPS) is 22.5. The first kappa shape index (κ1) is 21.2. The molecule has 0 bridgehead atoms. The van der Waals surface area contributed by atoms with E-state index < -0.39 is 0 Å². The highest BCUT2D eigenvalue weighted by molar-refractivity contribution is 5.81. The van der Waals surface area contributed by atoms with E-state index in [1.807, 2.05) is 6.07 Å². The average Bonchev–Trinajstić information content (AvgIpc) is 2.72. The van der Waals surface area contributed by atoms with Gasteiger partial charge in [-0.2, -0.15) is 0 Å². The van der Waals surface area contributed by atoms with Gasteiger partial charge in [-0.25, -0.2) is 0 Å². The van der Waals surface area contributed by atoms with E-state index in [0.29, 0.717) is 19.1 Å². The maximum absolute atomic E-state index is 12.6. The Balaban J connectivity index is 1.35. The number of hydrogen-bond acceptors (Lipinski definition) is 5. The summed E-state index contributed by atoms with van der Waals surface area (Å²) in [5, 5.41) is 3.15. The van der Waals surface area contributed by atoms with Gasteiger partial charge in [0.05, 0.1) is 6.61 Å². The third-order valence-corrected chi connectivity index (χ3v) is 5.83. The first-order chi connectivity index (χ1) is 13.6. The monoisotopic (exact) mass is 388 g/mol. The molecule has 1 N–H and O–H groups in total. The molecule has 3 rings (SSSR count). The molecule has 6 nitrogen and oxygen atoms in total. The molecular weight excluding hydrogens is 352 g/mol. The van der Waals surface area contributed by atoms with Gasteiger partial charge in [-0.1, -0.05) is 30.3 Å². The van der Waals surface area contributed by atoms with Gasteiger partial charge in [-0.15, -0.1) is 0 Å². The Labute approximate surface area is 169 Å². The van der Waals surface area contributed by atoms with Crippen LogP contribution in [0.1, 0.15) is 18.4 Å². The van der Waals surface area contributed by atoms with Gasteiger partial charge in [-0.3, -0.25) is 9.69 Å². The minimum absolute atomic E-state index is 0.0489. The molecule has 1 aromatic rings. The number of ether oxygens (including phenoxy) is 1. The number of piperidine rings is 1. The Bertz CT molecular complexity index is 587. The van der Waals surface area contributed by atoms with E-state index in [-0.39, 0.29) is 12.0 Å². The number of amides is 1. The van der Waals surface area contributed by atoms with Gasteiger partial charge in [0.1, 0.15) is 6.10 Å². The lowest BCUT2D eigenvalue weighted by Crippen LogP contribution is -2.50. The Kier molecular flexibility index (Phi) is 8.27. The fraction of sp³-hybridized carbons (Fsp3) is 0.682. The zero-order chi connectivity index (χ0) is 19.8. The molecule has 1 unspecified atom stereocenters. The van der Waals surface area contributed by atoms with Crippen molar-refractivity contribution in [3.63, 3.8) is 0 Å². The highest BCUT2D eigenvalue weighted by atomic mass is 16.5. The summed E-state index contributed by atoms with van der Waals surface area (Å²) in [7, 11) is 4.24. The van der Waals surface area contributed by atoms with Gasteiger partial charge in [0.15, 0.2) is 0 Å². The third-order valence-electron chi connectivity index (χ3n) is 5.83. The van der Waals surface area contributed by atoms with Crippen LogP contribution in [0.25, 0.3) is 0 Å². The second-order valence-electron chi connectivity index (χ2n) is 8.41. The van der Waals surface area contributed by atoms with Crippen molar-refractivity contribution in [2.24, 2.45) is 5.92 Å².